The van der Waals surface area contributed by atoms with E-state index in [0.717, 1.165) is 18.0 Å². The predicted octanol–water partition coefficient (Wildman–Crippen LogP) is 0.382. The Morgan fingerprint density at radius 1 is 1.73 bits per heavy atom. The number of aliphatic hydroxyl groups excluding tert-OH is 1. The second-order valence-electron chi connectivity index (χ2n) is 2.10. The minimum Gasteiger partial charge on any atom is -0.396 e. The average molecular weight is 173 g/mol. The summed E-state index contributed by atoms with van der Waals surface area (Å²) in [6, 6.07) is 0. The van der Waals surface area contributed by atoms with E-state index in [-0.39, 0.29) is 6.61 Å². The first-order chi connectivity index (χ1) is 5.36. The molecule has 1 N–H and O–H groups in total. The van der Waals surface area contributed by atoms with E-state index in [0.29, 0.717) is 0 Å². The molecule has 5 heteroatoms. The zero-order valence-corrected chi connectivity index (χ0v) is 7.21. The molecule has 0 bridgehead atoms. The van der Waals surface area contributed by atoms with Gasteiger partial charge in [-0.2, -0.15) is 0 Å². The van der Waals surface area contributed by atoms with E-state index in [1.54, 1.807) is 16.4 Å². The fourth-order valence-electron chi connectivity index (χ4n) is 0.716. The summed E-state index contributed by atoms with van der Waals surface area (Å²) in [4.78, 5) is 0. The highest BCUT2D eigenvalue weighted by atomic mass is 32.2. The Balaban J connectivity index is 2.44. The Kier molecular flexibility index (Phi) is 3.38. The summed E-state index contributed by atoms with van der Waals surface area (Å²) < 4.78 is 1.74. The molecule has 1 heterocycles. The van der Waals surface area contributed by atoms with Crippen LogP contribution in [-0.4, -0.2) is 33.0 Å². The molecule has 4 nitrogen and oxygen atoms in total. The van der Waals surface area contributed by atoms with Crippen molar-refractivity contribution in [1.29, 1.82) is 0 Å². The van der Waals surface area contributed by atoms with Gasteiger partial charge in [-0.05, 0) is 12.7 Å². The van der Waals surface area contributed by atoms with Crippen LogP contribution in [-0.2, 0) is 6.54 Å². The van der Waals surface area contributed by atoms with Crippen LogP contribution < -0.4 is 0 Å². The van der Waals surface area contributed by atoms with Gasteiger partial charge in [-0.3, -0.25) is 4.68 Å². The van der Waals surface area contributed by atoms with Gasteiger partial charge in [0.25, 0.3) is 0 Å². The number of hydrogen-bond acceptors (Lipinski definition) is 4. The Bertz CT molecular complexity index is 213. The van der Waals surface area contributed by atoms with Crippen molar-refractivity contribution in [2.45, 2.75) is 18.0 Å². The number of aromatic nitrogens is 3. The Morgan fingerprint density at radius 3 is 3.09 bits per heavy atom. The SMILES string of the molecule is CSc1cn(CCCO)nn1. The smallest absolute Gasteiger partial charge is 0.138 e. The first-order valence-corrected chi connectivity index (χ1v) is 4.64. The van der Waals surface area contributed by atoms with E-state index >= 15 is 0 Å². The van der Waals surface area contributed by atoms with Crippen LogP contribution in [0.25, 0.3) is 0 Å². The number of aliphatic hydroxyl groups is 1. The first kappa shape index (κ1) is 8.55. The summed E-state index contributed by atoms with van der Waals surface area (Å²) >= 11 is 1.57. The molecule has 0 saturated carbocycles. The Labute approximate surface area is 69.6 Å². The van der Waals surface area contributed by atoms with Crippen LogP contribution in [0, 0.1) is 0 Å². The molecule has 1 aromatic rings. The van der Waals surface area contributed by atoms with Gasteiger partial charge in [0.05, 0.1) is 6.20 Å². The van der Waals surface area contributed by atoms with Gasteiger partial charge >= 0.3 is 0 Å². The summed E-state index contributed by atoms with van der Waals surface area (Å²) in [7, 11) is 0. The molecule has 11 heavy (non-hydrogen) atoms. The van der Waals surface area contributed by atoms with E-state index in [4.69, 9.17) is 5.11 Å². The van der Waals surface area contributed by atoms with Gasteiger partial charge in [0.15, 0.2) is 0 Å². The third-order valence-electron chi connectivity index (χ3n) is 1.27. The minimum atomic E-state index is 0.203. The maximum absolute atomic E-state index is 8.52. The van der Waals surface area contributed by atoms with Crippen molar-refractivity contribution < 1.29 is 5.11 Å². The second kappa shape index (κ2) is 4.35. The normalized spacial score (nSPS) is 10.4. The minimum absolute atomic E-state index is 0.203. The highest BCUT2D eigenvalue weighted by Gasteiger charge is 1.96. The summed E-state index contributed by atoms with van der Waals surface area (Å²) in [6.45, 7) is 0.943. The molecule has 1 rings (SSSR count). The number of rotatable bonds is 4. The molecule has 0 radical (unpaired) electrons. The van der Waals surface area contributed by atoms with Gasteiger partial charge < -0.3 is 5.11 Å². The monoisotopic (exact) mass is 173 g/mol. The van der Waals surface area contributed by atoms with Gasteiger partial charge in [0.2, 0.25) is 0 Å². The first-order valence-electron chi connectivity index (χ1n) is 3.42. The molecule has 0 aromatic carbocycles. The molecule has 0 aliphatic rings. The molecule has 0 aliphatic carbocycles. The molecule has 0 amide bonds. The quantitative estimate of drug-likeness (QED) is 0.669. The van der Waals surface area contributed by atoms with E-state index < -0.39 is 0 Å². The molecular weight excluding hydrogens is 162 g/mol. The van der Waals surface area contributed by atoms with Crippen LogP contribution in [0.4, 0.5) is 0 Å². The average Bonchev–Trinajstić information content (AvgIpc) is 2.48. The van der Waals surface area contributed by atoms with Gasteiger partial charge in [0, 0.05) is 13.2 Å². The molecular formula is C6H11N3OS. The zero-order chi connectivity index (χ0) is 8.10. The molecule has 0 aliphatic heterocycles. The standard InChI is InChI=1S/C6H11N3OS/c1-11-6-5-9(8-7-6)3-2-4-10/h5,10H,2-4H2,1H3. The largest absolute Gasteiger partial charge is 0.396 e. The highest BCUT2D eigenvalue weighted by molar-refractivity contribution is 7.98. The lowest BCUT2D eigenvalue weighted by Crippen LogP contribution is -2.00. The Morgan fingerprint density at radius 2 is 2.55 bits per heavy atom. The topological polar surface area (TPSA) is 50.9 Å². The molecule has 1 aromatic heterocycles. The summed E-state index contributed by atoms with van der Waals surface area (Å²) in [5.41, 5.74) is 0. The van der Waals surface area contributed by atoms with E-state index in [1.807, 2.05) is 12.5 Å². The van der Waals surface area contributed by atoms with Crippen LogP contribution in [0.5, 0.6) is 0 Å². The van der Waals surface area contributed by atoms with Crippen LogP contribution in [0.1, 0.15) is 6.42 Å². The third kappa shape index (κ3) is 2.51. The number of thioether (sulfide) groups is 1. The summed E-state index contributed by atoms with van der Waals surface area (Å²) in [5.74, 6) is 0. The van der Waals surface area contributed by atoms with Crippen molar-refractivity contribution in [3.05, 3.63) is 6.20 Å². The van der Waals surface area contributed by atoms with Crippen molar-refractivity contribution in [2.24, 2.45) is 0 Å². The lowest BCUT2D eigenvalue weighted by atomic mass is 10.5. The lowest BCUT2D eigenvalue weighted by molar-refractivity contribution is 0.276. The van der Waals surface area contributed by atoms with Crippen LogP contribution >= 0.6 is 11.8 Å². The molecule has 0 unspecified atom stereocenters. The molecule has 0 saturated heterocycles. The van der Waals surface area contributed by atoms with Crippen molar-refractivity contribution >= 4 is 11.8 Å². The summed E-state index contributed by atoms with van der Waals surface area (Å²) in [6.07, 6.45) is 4.57. The fourth-order valence-corrected chi connectivity index (χ4v) is 1.06. The summed E-state index contributed by atoms with van der Waals surface area (Å²) in [5, 5.41) is 17.2. The van der Waals surface area contributed by atoms with Crippen LogP contribution in [0.15, 0.2) is 11.2 Å². The van der Waals surface area contributed by atoms with Crippen molar-refractivity contribution in [3.8, 4) is 0 Å². The van der Waals surface area contributed by atoms with E-state index in [2.05, 4.69) is 10.3 Å². The fraction of sp³-hybridized carbons (Fsp3) is 0.667. The number of hydrogen-bond donors (Lipinski definition) is 1. The van der Waals surface area contributed by atoms with Gasteiger partial charge in [-0.15, -0.1) is 16.9 Å². The van der Waals surface area contributed by atoms with Crippen molar-refractivity contribution in [2.75, 3.05) is 12.9 Å². The third-order valence-corrected chi connectivity index (χ3v) is 1.88. The lowest BCUT2D eigenvalue weighted by Gasteiger charge is -1.94. The van der Waals surface area contributed by atoms with Gasteiger partial charge in [-0.1, -0.05) is 5.21 Å². The highest BCUT2D eigenvalue weighted by Crippen LogP contribution is 2.08. The maximum atomic E-state index is 8.52. The second-order valence-corrected chi connectivity index (χ2v) is 2.93. The molecule has 0 spiro atoms. The molecule has 62 valence electrons. The zero-order valence-electron chi connectivity index (χ0n) is 6.40. The van der Waals surface area contributed by atoms with Gasteiger partial charge in [-0.25, -0.2) is 0 Å². The Hall–Kier alpha value is -0.550. The number of aryl methyl sites for hydroxylation is 1. The van der Waals surface area contributed by atoms with Crippen molar-refractivity contribution in [1.82, 2.24) is 15.0 Å². The van der Waals surface area contributed by atoms with Gasteiger partial charge in [0.1, 0.15) is 5.03 Å². The van der Waals surface area contributed by atoms with Crippen LogP contribution in [0.2, 0.25) is 0 Å². The van der Waals surface area contributed by atoms with Crippen molar-refractivity contribution in [3.63, 3.8) is 0 Å². The van der Waals surface area contributed by atoms with E-state index in [1.165, 1.54) is 0 Å². The van der Waals surface area contributed by atoms with E-state index in [9.17, 15) is 0 Å². The molecule has 0 atom stereocenters. The molecule has 0 fully saturated rings. The predicted molar refractivity (Wildman–Crippen MR) is 43.5 cm³/mol. The van der Waals surface area contributed by atoms with Crippen LogP contribution in [0.3, 0.4) is 0 Å². The number of nitrogens with zero attached hydrogens (tertiary/aromatic N) is 3. The maximum Gasteiger partial charge on any atom is 0.138 e.